The monoisotopic (exact) mass is 182 g/mol. The Labute approximate surface area is 81.9 Å². The van der Waals surface area contributed by atoms with Crippen molar-refractivity contribution in [2.45, 2.75) is 52.6 Å². The van der Waals surface area contributed by atoms with Gasteiger partial charge in [0.25, 0.3) is 0 Å². The van der Waals surface area contributed by atoms with Gasteiger partial charge in [-0.25, -0.2) is 0 Å². The fourth-order valence-corrected chi connectivity index (χ4v) is 2.45. The molecule has 0 aliphatic heterocycles. The summed E-state index contributed by atoms with van der Waals surface area (Å²) in [4.78, 5) is 0. The van der Waals surface area contributed by atoms with Crippen LogP contribution in [-0.4, -0.2) is 11.2 Å². The Morgan fingerprint density at radius 2 is 2.08 bits per heavy atom. The quantitative estimate of drug-likeness (QED) is 0.650. The Kier molecular flexibility index (Phi) is 3.18. The summed E-state index contributed by atoms with van der Waals surface area (Å²) >= 11 is 0. The zero-order valence-corrected chi connectivity index (χ0v) is 9.14. The van der Waals surface area contributed by atoms with Crippen molar-refractivity contribution in [3.8, 4) is 0 Å². The van der Waals surface area contributed by atoms with E-state index >= 15 is 0 Å². The van der Waals surface area contributed by atoms with Crippen molar-refractivity contribution in [2.75, 3.05) is 0 Å². The van der Waals surface area contributed by atoms with Crippen LogP contribution in [0.2, 0.25) is 0 Å². The van der Waals surface area contributed by atoms with Gasteiger partial charge in [-0.15, -0.1) is 0 Å². The molecule has 0 aromatic carbocycles. The van der Waals surface area contributed by atoms with Crippen LogP contribution in [0, 0.1) is 11.3 Å². The molecule has 0 aromatic heterocycles. The Morgan fingerprint density at radius 1 is 1.46 bits per heavy atom. The molecule has 1 rings (SSSR count). The van der Waals surface area contributed by atoms with Gasteiger partial charge in [-0.1, -0.05) is 38.8 Å². The molecule has 0 radical (unpaired) electrons. The van der Waals surface area contributed by atoms with Gasteiger partial charge in [0.2, 0.25) is 0 Å². The van der Waals surface area contributed by atoms with E-state index in [0.717, 1.165) is 12.0 Å². The molecule has 76 valence electrons. The maximum absolute atomic E-state index is 9.99. The minimum atomic E-state index is -0.296. The molecule has 1 fully saturated rings. The average molecular weight is 182 g/mol. The highest BCUT2D eigenvalue weighted by Crippen LogP contribution is 2.43. The summed E-state index contributed by atoms with van der Waals surface area (Å²) < 4.78 is 0. The van der Waals surface area contributed by atoms with Crippen LogP contribution in [0.3, 0.4) is 0 Å². The molecule has 0 aromatic rings. The van der Waals surface area contributed by atoms with Gasteiger partial charge in [-0.3, -0.25) is 0 Å². The first kappa shape index (κ1) is 10.8. The van der Waals surface area contributed by atoms with Crippen LogP contribution in [0.5, 0.6) is 0 Å². The summed E-state index contributed by atoms with van der Waals surface area (Å²) in [6.45, 7) is 10.3. The third-order valence-corrected chi connectivity index (χ3v) is 3.48. The van der Waals surface area contributed by atoms with E-state index in [-0.39, 0.29) is 11.5 Å². The highest BCUT2D eigenvalue weighted by Gasteiger charge is 2.36. The van der Waals surface area contributed by atoms with Crippen LogP contribution in [0.4, 0.5) is 0 Å². The van der Waals surface area contributed by atoms with Crippen molar-refractivity contribution in [1.82, 2.24) is 0 Å². The normalized spacial score (nSPS) is 29.7. The summed E-state index contributed by atoms with van der Waals surface area (Å²) in [6, 6.07) is 0. The van der Waals surface area contributed by atoms with E-state index < -0.39 is 0 Å². The van der Waals surface area contributed by atoms with Crippen molar-refractivity contribution in [3.05, 3.63) is 12.2 Å². The smallest absolute Gasteiger partial charge is 0.0778 e. The van der Waals surface area contributed by atoms with Crippen molar-refractivity contribution in [3.63, 3.8) is 0 Å². The number of hydrogen-bond donors (Lipinski definition) is 1. The van der Waals surface area contributed by atoms with E-state index in [4.69, 9.17) is 0 Å². The Hall–Kier alpha value is -0.300. The molecule has 0 saturated heterocycles. The lowest BCUT2D eigenvalue weighted by atomic mass is 9.66. The zero-order chi connectivity index (χ0) is 10.1. The molecule has 0 bridgehead atoms. The summed E-state index contributed by atoms with van der Waals surface area (Å²) in [5.74, 6) is 0.416. The van der Waals surface area contributed by atoms with Gasteiger partial charge >= 0.3 is 0 Å². The Morgan fingerprint density at radius 3 is 2.54 bits per heavy atom. The fraction of sp³-hybridized carbons (Fsp3) is 0.833. The lowest BCUT2D eigenvalue weighted by molar-refractivity contribution is 0.0262. The van der Waals surface area contributed by atoms with E-state index in [0.29, 0.717) is 5.92 Å². The minimum Gasteiger partial charge on any atom is -0.388 e. The summed E-state index contributed by atoms with van der Waals surface area (Å²) in [5.41, 5.74) is 1.20. The summed E-state index contributed by atoms with van der Waals surface area (Å²) in [7, 11) is 0. The Bertz CT molecular complexity index is 193. The minimum absolute atomic E-state index is 0.288. The fourth-order valence-electron chi connectivity index (χ4n) is 2.45. The topological polar surface area (TPSA) is 20.2 Å². The van der Waals surface area contributed by atoms with Gasteiger partial charge in [0.15, 0.2) is 0 Å². The van der Waals surface area contributed by atoms with Crippen molar-refractivity contribution < 1.29 is 5.11 Å². The van der Waals surface area contributed by atoms with Crippen LogP contribution in [0.15, 0.2) is 12.2 Å². The van der Waals surface area contributed by atoms with Crippen molar-refractivity contribution in [1.29, 1.82) is 0 Å². The molecule has 0 spiro atoms. The maximum atomic E-state index is 9.99. The molecule has 0 amide bonds. The van der Waals surface area contributed by atoms with Crippen LogP contribution in [0.25, 0.3) is 0 Å². The Balaban J connectivity index is 2.70. The van der Waals surface area contributed by atoms with Crippen LogP contribution in [-0.2, 0) is 0 Å². The largest absolute Gasteiger partial charge is 0.388 e. The molecule has 1 aliphatic rings. The molecule has 1 N–H and O–H groups in total. The first-order valence-corrected chi connectivity index (χ1v) is 5.28. The molecule has 1 aliphatic carbocycles. The lowest BCUT2D eigenvalue weighted by Gasteiger charge is -2.41. The first-order valence-electron chi connectivity index (χ1n) is 5.28. The molecule has 1 nitrogen and oxygen atoms in total. The standard InChI is InChI=1S/C12H22O/c1-9(2)11(13)10-7-5-6-8-12(10,3)4/h10-11,13H,1,5-8H2,2-4H3. The molecule has 2 unspecified atom stereocenters. The van der Waals surface area contributed by atoms with Gasteiger partial charge < -0.3 is 5.11 Å². The van der Waals surface area contributed by atoms with Crippen LogP contribution in [0.1, 0.15) is 46.5 Å². The van der Waals surface area contributed by atoms with Gasteiger partial charge in [0, 0.05) is 0 Å². The zero-order valence-electron chi connectivity index (χ0n) is 9.14. The van der Waals surface area contributed by atoms with E-state index in [9.17, 15) is 5.11 Å². The second-order valence-corrected chi connectivity index (χ2v) is 5.13. The number of rotatable bonds is 2. The number of hydrogen-bond acceptors (Lipinski definition) is 1. The second-order valence-electron chi connectivity index (χ2n) is 5.13. The second kappa shape index (κ2) is 3.83. The van der Waals surface area contributed by atoms with Crippen LogP contribution >= 0.6 is 0 Å². The average Bonchev–Trinajstić information content (AvgIpc) is 2.02. The van der Waals surface area contributed by atoms with Gasteiger partial charge in [-0.2, -0.15) is 0 Å². The van der Waals surface area contributed by atoms with Crippen LogP contribution < -0.4 is 0 Å². The maximum Gasteiger partial charge on any atom is 0.0778 e. The lowest BCUT2D eigenvalue weighted by Crippen LogP contribution is -2.37. The molecule has 0 heterocycles. The molecule has 2 atom stereocenters. The SMILES string of the molecule is C=C(C)C(O)C1CCCCC1(C)C. The summed E-state index contributed by atoms with van der Waals surface area (Å²) in [5, 5.41) is 9.99. The molecule has 1 saturated carbocycles. The molecule has 1 heteroatoms. The van der Waals surface area contributed by atoms with Crippen molar-refractivity contribution >= 4 is 0 Å². The van der Waals surface area contributed by atoms with E-state index in [1.54, 1.807) is 0 Å². The van der Waals surface area contributed by atoms with E-state index in [2.05, 4.69) is 20.4 Å². The third-order valence-electron chi connectivity index (χ3n) is 3.48. The predicted molar refractivity (Wildman–Crippen MR) is 56.6 cm³/mol. The molecule has 13 heavy (non-hydrogen) atoms. The van der Waals surface area contributed by atoms with Gasteiger partial charge in [0.1, 0.15) is 0 Å². The highest BCUT2D eigenvalue weighted by atomic mass is 16.3. The first-order chi connectivity index (χ1) is 5.95. The molecular weight excluding hydrogens is 160 g/mol. The number of aliphatic hydroxyl groups excluding tert-OH is 1. The van der Waals surface area contributed by atoms with Gasteiger partial charge in [0.05, 0.1) is 6.10 Å². The highest BCUT2D eigenvalue weighted by molar-refractivity contribution is 5.03. The summed E-state index contributed by atoms with van der Waals surface area (Å²) in [6.07, 6.45) is 4.67. The number of aliphatic hydroxyl groups is 1. The predicted octanol–water partition coefficient (Wildman–Crippen LogP) is 3.14. The van der Waals surface area contributed by atoms with E-state index in [1.807, 2.05) is 6.92 Å². The van der Waals surface area contributed by atoms with Crippen molar-refractivity contribution in [2.24, 2.45) is 11.3 Å². The molecular formula is C12H22O. The van der Waals surface area contributed by atoms with Gasteiger partial charge in [-0.05, 0) is 31.1 Å². The third kappa shape index (κ3) is 2.34. The van der Waals surface area contributed by atoms with E-state index in [1.165, 1.54) is 19.3 Å².